The number of benzene rings is 2. The van der Waals surface area contributed by atoms with Gasteiger partial charge in [-0.3, -0.25) is 4.79 Å². The quantitative estimate of drug-likeness (QED) is 0.729. The van der Waals surface area contributed by atoms with Crippen molar-refractivity contribution in [1.29, 1.82) is 0 Å². The normalized spacial score (nSPS) is 10.8. The molecule has 5 heteroatoms. The van der Waals surface area contributed by atoms with Crippen LogP contribution < -0.4 is 10.1 Å². The van der Waals surface area contributed by atoms with Crippen molar-refractivity contribution in [1.82, 2.24) is 5.32 Å². The minimum absolute atomic E-state index is 0.264. The maximum Gasteiger partial charge on any atom is 0.287 e. The van der Waals surface area contributed by atoms with Crippen molar-refractivity contribution in [2.24, 2.45) is 0 Å². The van der Waals surface area contributed by atoms with Crippen LogP contribution in [0.5, 0.6) is 5.75 Å². The Bertz CT molecular complexity index is 901. The molecule has 0 aliphatic rings. The summed E-state index contributed by atoms with van der Waals surface area (Å²) in [7, 11) is 0. The minimum Gasteiger partial charge on any atom is -0.494 e. The van der Waals surface area contributed by atoms with Crippen LogP contribution in [0.1, 0.15) is 28.6 Å². The molecule has 3 aromatic rings. The van der Waals surface area contributed by atoms with Gasteiger partial charge in [0.05, 0.1) is 6.61 Å². The van der Waals surface area contributed by atoms with Crippen molar-refractivity contribution in [2.75, 3.05) is 13.2 Å². The van der Waals surface area contributed by atoms with E-state index in [9.17, 15) is 9.18 Å². The predicted molar refractivity (Wildman–Crippen MR) is 94.6 cm³/mol. The molecule has 1 N–H and O–H groups in total. The SMILES string of the molecule is CCOc1ccc2oc(C(=O)NCCc3ccccc3F)c(C)c2c1. The van der Waals surface area contributed by atoms with E-state index in [0.717, 1.165) is 16.7 Å². The number of amides is 1. The van der Waals surface area contributed by atoms with Crippen molar-refractivity contribution in [3.63, 3.8) is 0 Å². The van der Waals surface area contributed by atoms with Crippen LogP contribution >= 0.6 is 0 Å². The third-order valence-electron chi connectivity index (χ3n) is 4.06. The first-order valence-corrected chi connectivity index (χ1v) is 8.27. The molecular formula is C20H20FNO3. The molecule has 0 unspecified atom stereocenters. The summed E-state index contributed by atoms with van der Waals surface area (Å²) in [6.45, 7) is 4.67. The van der Waals surface area contributed by atoms with Crippen molar-refractivity contribution >= 4 is 16.9 Å². The molecule has 3 rings (SSSR count). The highest BCUT2D eigenvalue weighted by Crippen LogP contribution is 2.28. The molecule has 0 saturated carbocycles. The van der Waals surface area contributed by atoms with E-state index < -0.39 is 0 Å². The van der Waals surface area contributed by atoms with Crippen LogP contribution in [0.2, 0.25) is 0 Å². The molecular weight excluding hydrogens is 321 g/mol. The second-order valence-corrected chi connectivity index (χ2v) is 5.74. The van der Waals surface area contributed by atoms with Crippen LogP contribution in [-0.2, 0) is 6.42 Å². The lowest BCUT2D eigenvalue weighted by Gasteiger charge is -2.05. The van der Waals surface area contributed by atoms with Crippen LogP contribution in [0.3, 0.4) is 0 Å². The van der Waals surface area contributed by atoms with Crippen molar-refractivity contribution in [3.05, 3.63) is 65.2 Å². The van der Waals surface area contributed by atoms with E-state index in [-0.39, 0.29) is 17.5 Å². The Balaban J connectivity index is 1.71. The molecule has 0 bridgehead atoms. The standard InChI is InChI=1S/C20H20FNO3/c1-3-24-15-8-9-18-16(12-15)13(2)19(25-18)20(23)22-11-10-14-6-4-5-7-17(14)21/h4-9,12H,3,10-11H2,1-2H3,(H,22,23). The second-order valence-electron chi connectivity index (χ2n) is 5.74. The number of aryl methyl sites for hydroxylation is 1. The monoisotopic (exact) mass is 341 g/mol. The highest BCUT2D eigenvalue weighted by molar-refractivity contribution is 5.99. The smallest absolute Gasteiger partial charge is 0.287 e. The first-order valence-electron chi connectivity index (χ1n) is 8.27. The molecule has 4 nitrogen and oxygen atoms in total. The van der Waals surface area contributed by atoms with Gasteiger partial charge >= 0.3 is 0 Å². The van der Waals surface area contributed by atoms with E-state index in [1.165, 1.54) is 6.07 Å². The summed E-state index contributed by atoms with van der Waals surface area (Å²) < 4.78 is 24.8. The Morgan fingerprint density at radius 3 is 2.80 bits per heavy atom. The van der Waals surface area contributed by atoms with Gasteiger partial charge in [-0.2, -0.15) is 0 Å². The summed E-state index contributed by atoms with van der Waals surface area (Å²) >= 11 is 0. The Kier molecular flexibility index (Phi) is 5.03. The average Bonchev–Trinajstić information content (AvgIpc) is 2.93. The molecule has 25 heavy (non-hydrogen) atoms. The van der Waals surface area contributed by atoms with E-state index in [4.69, 9.17) is 9.15 Å². The maximum atomic E-state index is 13.6. The summed E-state index contributed by atoms with van der Waals surface area (Å²) in [5, 5.41) is 3.64. The zero-order valence-corrected chi connectivity index (χ0v) is 14.3. The maximum absolute atomic E-state index is 13.6. The third-order valence-corrected chi connectivity index (χ3v) is 4.06. The number of hydrogen-bond donors (Lipinski definition) is 1. The van der Waals surface area contributed by atoms with Gasteiger partial charge in [-0.05, 0) is 50.1 Å². The first-order chi connectivity index (χ1) is 12.1. The number of nitrogens with one attached hydrogen (secondary N) is 1. The van der Waals surface area contributed by atoms with E-state index in [1.807, 2.05) is 26.0 Å². The van der Waals surface area contributed by atoms with E-state index >= 15 is 0 Å². The Morgan fingerprint density at radius 1 is 1.24 bits per heavy atom. The molecule has 0 atom stereocenters. The molecule has 1 heterocycles. The van der Waals surface area contributed by atoms with E-state index in [1.54, 1.807) is 24.3 Å². The highest BCUT2D eigenvalue weighted by atomic mass is 19.1. The second kappa shape index (κ2) is 7.38. The average molecular weight is 341 g/mol. The van der Waals surface area contributed by atoms with Crippen LogP contribution in [0.25, 0.3) is 11.0 Å². The Morgan fingerprint density at radius 2 is 2.04 bits per heavy atom. The predicted octanol–water partition coefficient (Wildman–Crippen LogP) is 4.25. The molecule has 1 aromatic heterocycles. The lowest BCUT2D eigenvalue weighted by atomic mass is 10.1. The zero-order valence-electron chi connectivity index (χ0n) is 14.3. The number of furan rings is 1. The fourth-order valence-corrected chi connectivity index (χ4v) is 2.77. The van der Waals surface area contributed by atoms with Crippen LogP contribution in [-0.4, -0.2) is 19.1 Å². The summed E-state index contributed by atoms with van der Waals surface area (Å²) in [6, 6.07) is 12.0. The summed E-state index contributed by atoms with van der Waals surface area (Å²) in [5.41, 5.74) is 1.98. The minimum atomic E-state index is -0.303. The van der Waals surface area contributed by atoms with E-state index in [2.05, 4.69) is 5.32 Å². The molecule has 2 aromatic carbocycles. The van der Waals surface area contributed by atoms with Gasteiger partial charge in [0.2, 0.25) is 0 Å². The number of fused-ring (bicyclic) bond motifs is 1. The summed E-state index contributed by atoms with van der Waals surface area (Å²) in [5.74, 6) is 0.450. The molecule has 1 amide bonds. The van der Waals surface area contributed by atoms with Gasteiger partial charge in [0.15, 0.2) is 5.76 Å². The van der Waals surface area contributed by atoms with Crippen LogP contribution in [0, 0.1) is 12.7 Å². The number of halogens is 1. The third kappa shape index (κ3) is 3.65. The molecule has 0 saturated heterocycles. The lowest BCUT2D eigenvalue weighted by Crippen LogP contribution is -2.26. The molecule has 0 radical (unpaired) electrons. The van der Waals surface area contributed by atoms with Gasteiger partial charge in [0.1, 0.15) is 17.1 Å². The topological polar surface area (TPSA) is 51.5 Å². The largest absolute Gasteiger partial charge is 0.494 e. The van der Waals surface area contributed by atoms with Crippen molar-refractivity contribution < 1.29 is 18.3 Å². The van der Waals surface area contributed by atoms with Gasteiger partial charge in [-0.15, -0.1) is 0 Å². The highest BCUT2D eigenvalue weighted by Gasteiger charge is 2.18. The van der Waals surface area contributed by atoms with Crippen molar-refractivity contribution in [3.8, 4) is 5.75 Å². The van der Waals surface area contributed by atoms with E-state index in [0.29, 0.717) is 30.7 Å². The number of ether oxygens (including phenoxy) is 1. The Labute approximate surface area is 145 Å². The number of carbonyl (C=O) groups excluding carboxylic acids is 1. The van der Waals surface area contributed by atoms with Gasteiger partial charge in [0, 0.05) is 17.5 Å². The first kappa shape index (κ1) is 17.0. The van der Waals surface area contributed by atoms with Gasteiger partial charge in [-0.25, -0.2) is 4.39 Å². The number of rotatable bonds is 6. The van der Waals surface area contributed by atoms with Gasteiger partial charge in [-0.1, -0.05) is 18.2 Å². The van der Waals surface area contributed by atoms with Gasteiger partial charge in [0.25, 0.3) is 5.91 Å². The fraction of sp³-hybridized carbons (Fsp3) is 0.250. The summed E-state index contributed by atoms with van der Waals surface area (Å²) in [4.78, 5) is 12.4. The molecule has 130 valence electrons. The number of carbonyl (C=O) groups is 1. The molecule has 0 aliphatic heterocycles. The summed E-state index contributed by atoms with van der Waals surface area (Å²) in [6.07, 6.45) is 0.423. The van der Waals surface area contributed by atoms with Crippen molar-refractivity contribution in [2.45, 2.75) is 20.3 Å². The number of hydrogen-bond acceptors (Lipinski definition) is 3. The van der Waals surface area contributed by atoms with Crippen LogP contribution in [0.15, 0.2) is 46.9 Å². The zero-order chi connectivity index (χ0) is 17.8. The Hall–Kier alpha value is -2.82. The van der Waals surface area contributed by atoms with Gasteiger partial charge < -0.3 is 14.5 Å². The fourth-order valence-electron chi connectivity index (χ4n) is 2.77. The van der Waals surface area contributed by atoms with Crippen LogP contribution in [0.4, 0.5) is 4.39 Å². The molecule has 0 aliphatic carbocycles. The molecule has 0 spiro atoms. The lowest BCUT2D eigenvalue weighted by molar-refractivity contribution is 0.0927. The molecule has 0 fully saturated rings.